The SMILES string of the molecule is CCC(Sc1nc(N)c(C#N)c(-c2ccco2)c1C#N)C(=O)Nc1ccccn1. The van der Waals surface area contributed by atoms with Gasteiger partial charge in [-0.05, 0) is 30.7 Å². The van der Waals surface area contributed by atoms with Crippen molar-refractivity contribution in [1.29, 1.82) is 10.5 Å². The number of nitrogen functional groups attached to an aromatic ring is 1. The minimum absolute atomic E-state index is 0.0274. The Labute approximate surface area is 171 Å². The third-order valence-corrected chi connectivity index (χ3v) is 5.37. The van der Waals surface area contributed by atoms with E-state index in [0.29, 0.717) is 18.0 Å². The molecule has 0 fully saturated rings. The van der Waals surface area contributed by atoms with Crippen molar-refractivity contribution >= 4 is 29.3 Å². The number of amides is 1. The zero-order valence-corrected chi connectivity index (χ0v) is 16.2. The Morgan fingerprint density at radius 3 is 2.66 bits per heavy atom. The Kier molecular flexibility index (Phi) is 6.12. The predicted octanol–water partition coefficient (Wildman–Crippen LogP) is 3.57. The van der Waals surface area contributed by atoms with Crippen molar-refractivity contribution in [2.75, 3.05) is 11.1 Å². The lowest BCUT2D eigenvalue weighted by Crippen LogP contribution is -2.25. The van der Waals surface area contributed by atoms with Crippen LogP contribution < -0.4 is 11.1 Å². The number of carbonyl (C=O) groups excluding carboxylic acids is 1. The lowest BCUT2D eigenvalue weighted by molar-refractivity contribution is -0.115. The maximum atomic E-state index is 12.7. The number of aromatic nitrogens is 2. The molecule has 3 aromatic heterocycles. The van der Waals surface area contributed by atoms with Crippen molar-refractivity contribution in [2.45, 2.75) is 23.6 Å². The van der Waals surface area contributed by atoms with E-state index < -0.39 is 5.25 Å². The molecule has 1 atom stereocenters. The largest absolute Gasteiger partial charge is 0.464 e. The Balaban J connectivity index is 1.99. The number of hydrogen-bond acceptors (Lipinski definition) is 8. The topological polar surface area (TPSA) is 142 Å². The average molecular weight is 404 g/mol. The fraction of sp³-hybridized carbons (Fsp3) is 0.150. The zero-order valence-electron chi connectivity index (χ0n) is 15.4. The molecule has 0 aliphatic rings. The van der Waals surface area contributed by atoms with Crippen molar-refractivity contribution in [2.24, 2.45) is 0 Å². The van der Waals surface area contributed by atoms with Crippen LogP contribution in [0.25, 0.3) is 11.3 Å². The molecule has 0 saturated heterocycles. The van der Waals surface area contributed by atoms with Gasteiger partial charge in [-0.1, -0.05) is 24.8 Å². The van der Waals surface area contributed by atoms with Crippen LogP contribution in [-0.2, 0) is 4.79 Å². The number of pyridine rings is 2. The monoisotopic (exact) mass is 404 g/mol. The summed E-state index contributed by atoms with van der Waals surface area (Å²) >= 11 is 1.11. The minimum atomic E-state index is -0.548. The lowest BCUT2D eigenvalue weighted by atomic mass is 10.0. The van der Waals surface area contributed by atoms with Gasteiger partial charge in [-0.3, -0.25) is 4.79 Å². The Bertz CT molecular complexity index is 1100. The molecule has 3 aromatic rings. The van der Waals surface area contributed by atoms with Gasteiger partial charge in [-0.2, -0.15) is 10.5 Å². The Morgan fingerprint density at radius 1 is 1.28 bits per heavy atom. The van der Waals surface area contributed by atoms with E-state index in [4.69, 9.17) is 10.2 Å². The smallest absolute Gasteiger partial charge is 0.239 e. The number of nitrogens with one attached hydrogen (secondary N) is 1. The Hall–Kier alpha value is -3.82. The van der Waals surface area contributed by atoms with Gasteiger partial charge in [0.25, 0.3) is 0 Å². The number of nitrogens with two attached hydrogens (primary N) is 1. The lowest BCUT2D eigenvalue weighted by Gasteiger charge is -2.16. The van der Waals surface area contributed by atoms with Gasteiger partial charge in [-0.15, -0.1) is 0 Å². The number of thioether (sulfide) groups is 1. The van der Waals surface area contributed by atoms with Crippen LogP contribution in [-0.4, -0.2) is 21.1 Å². The predicted molar refractivity (Wildman–Crippen MR) is 109 cm³/mol. The van der Waals surface area contributed by atoms with Crippen LogP contribution in [0.5, 0.6) is 0 Å². The van der Waals surface area contributed by atoms with Crippen molar-refractivity contribution in [3.05, 3.63) is 53.9 Å². The summed E-state index contributed by atoms with van der Waals surface area (Å²) in [4.78, 5) is 21.0. The molecule has 144 valence electrons. The molecule has 3 heterocycles. The molecule has 0 aliphatic carbocycles. The molecule has 9 heteroatoms. The van der Waals surface area contributed by atoms with Gasteiger partial charge in [0.2, 0.25) is 5.91 Å². The molecular weight excluding hydrogens is 388 g/mol. The van der Waals surface area contributed by atoms with Crippen molar-refractivity contribution in [3.8, 4) is 23.5 Å². The van der Waals surface area contributed by atoms with Gasteiger partial charge < -0.3 is 15.5 Å². The van der Waals surface area contributed by atoms with Gasteiger partial charge in [-0.25, -0.2) is 9.97 Å². The molecule has 29 heavy (non-hydrogen) atoms. The highest BCUT2D eigenvalue weighted by molar-refractivity contribution is 8.00. The van der Waals surface area contributed by atoms with Crippen LogP contribution in [0.3, 0.4) is 0 Å². The standard InChI is InChI=1S/C20H16N6O2S/c1-2-15(19(27)25-16-7-3-4-8-24-16)29-20-13(11-22)17(14-6-5-9-28-14)12(10-21)18(23)26-20/h3-9,15H,2H2,1H3,(H2,23,26)(H,24,25,27). The van der Waals surface area contributed by atoms with E-state index in [1.807, 2.05) is 13.0 Å². The first-order valence-corrected chi connectivity index (χ1v) is 9.53. The van der Waals surface area contributed by atoms with Gasteiger partial charge in [0.1, 0.15) is 40.1 Å². The van der Waals surface area contributed by atoms with E-state index in [9.17, 15) is 15.3 Å². The van der Waals surface area contributed by atoms with Gasteiger partial charge >= 0.3 is 0 Å². The first-order valence-electron chi connectivity index (χ1n) is 8.65. The fourth-order valence-corrected chi connectivity index (χ4v) is 3.67. The number of rotatable bonds is 6. The van der Waals surface area contributed by atoms with Crippen LogP contribution in [0.2, 0.25) is 0 Å². The molecule has 3 N–H and O–H groups in total. The molecule has 0 saturated carbocycles. The summed E-state index contributed by atoms with van der Waals surface area (Å²) in [6, 6.07) is 12.5. The normalized spacial score (nSPS) is 11.3. The van der Waals surface area contributed by atoms with E-state index >= 15 is 0 Å². The first-order chi connectivity index (χ1) is 14.1. The summed E-state index contributed by atoms with van der Waals surface area (Å²) in [5.74, 6) is 0.463. The van der Waals surface area contributed by atoms with Crippen LogP contribution in [0.15, 0.2) is 52.2 Å². The van der Waals surface area contributed by atoms with Crippen molar-refractivity contribution in [1.82, 2.24) is 9.97 Å². The van der Waals surface area contributed by atoms with Gasteiger partial charge in [0.05, 0.1) is 22.6 Å². The van der Waals surface area contributed by atoms with E-state index in [-0.39, 0.29) is 33.4 Å². The summed E-state index contributed by atoms with van der Waals surface area (Å²) in [5.41, 5.74) is 6.44. The third-order valence-electron chi connectivity index (χ3n) is 4.02. The number of anilines is 2. The summed E-state index contributed by atoms with van der Waals surface area (Å²) in [6.45, 7) is 1.85. The summed E-state index contributed by atoms with van der Waals surface area (Å²) in [7, 11) is 0. The first kappa shape index (κ1) is 19.9. The van der Waals surface area contributed by atoms with E-state index in [2.05, 4.69) is 21.4 Å². The van der Waals surface area contributed by atoms with Crippen LogP contribution in [0.1, 0.15) is 24.5 Å². The molecule has 0 spiro atoms. The second-order valence-electron chi connectivity index (χ2n) is 5.85. The van der Waals surface area contributed by atoms with E-state index in [1.54, 1.807) is 36.5 Å². The molecule has 0 aliphatic heterocycles. The molecular formula is C20H16N6O2S. The molecule has 1 unspecified atom stereocenters. The molecule has 3 rings (SSSR count). The maximum absolute atomic E-state index is 12.7. The molecule has 8 nitrogen and oxygen atoms in total. The highest BCUT2D eigenvalue weighted by Gasteiger charge is 2.26. The number of nitriles is 2. The second-order valence-corrected chi connectivity index (χ2v) is 7.04. The zero-order chi connectivity index (χ0) is 20.8. The molecule has 1 amide bonds. The van der Waals surface area contributed by atoms with E-state index in [1.165, 1.54) is 6.26 Å². The second kappa shape index (κ2) is 8.91. The summed E-state index contributed by atoms with van der Waals surface area (Å²) in [6.07, 6.45) is 3.50. The van der Waals surface area contributed by atoms with E-state index in [0.717, 1.165) is 11.8 Å². The number of carbonyl (C=O) groups is 1. The highest BCUT2D eigenvalue weighted by atomic mass is 32.2. The Morgan fingerprint density at radius 2 is 2.07 bits per heavy atom. The molecule has 0 aromatic carbocycles. The average Bonchev–Trinajstić information content (AvgIpc) is 3.26. The number of nitrogens with zero attached hydrogens (tertiary/aromatic N) is 4. The van der Waals surface area contributed by atoms with Crippen LogP contribution in [0, 0.1) is 22.7 Å². The molecule has 0 bridgehead atoms. The number of furan rings is 1. The summed E-state index contributed by atoms with van der Waals surface area (Å²) < 4.78 is 5.39. The van der Waals surface area contributed by atoms with Crippen molar-refractivity contribution < 1.29 is 9.21 Å². The fourth-order valence-electron chi connectivity index (χ4n) is 2.65. The van der Waals surface area contributed by atoms with Crippen LogP contribution in [0.4, 0.5) is 11.6 Å². The van der Waals surface area contributed by atoms with Gasteiger partial charge in [0, 0.05) is 6.20 Å². The molecule has 0 radical (unpaired) electrons. The number of hydrogen-bond donors (Lipinski definition) is 2. The quantitative estimate of drug-likeness (QED) is 0.594. The van der Waals surface area contributed by atoms with Crippen molar-refractivity contribution in [3.63, 3.8) is 0 Å². The minimum Gasteiger partial charge on any atom is -0.464 e. The third kappa shape index (κ3) is 4.21. The van der Waals surface area contributed by atoms with Gasteiger partial charge in [0.15, 0.2) is 0 Å². The van der Waals surface area contributed by atoms with Crippen LogP contribution >= 0.6 is 11.8 Å². The summed E-state index contributed by atoms with van der Waals surface area (Å²) in [5, 5.41) is 21.7. The highest BCUT2D eigenvalue weighted by Crippen LogP contribution is 2.37. The maximum Gasteiger partial charge on any atom is 0.239 e.